The average Bonchev–Trinajstić information content (AvgIpc) is 2.60. The van der Waals surface area contributed by atoms with Crippen LogP contribution in [0.2, 0.25) is 0 Å². The number of esters is 1. The predicted molar refractivity (Wildman–Crippen MR) is 86.3 cm³/mol. The number of halogens is 2. The van der Waals surface area contributed by atoms with Gasteiger partial charge in [-0.05, 0) is 23.8 Å². The lowest BCUT2D eigenvalue weighted by Gasteiger charge is -2.18. The Labute approximate surface area is 143 Å². The SMILES string of the molecule is COC(=O)[C@@H](Cc1ccccc1OC)NC(=O)c1ccc(F)cc1F. The summed E-state index contributed by atoms with van der Waals surface area (Å²) in [7, 11) is 2.67. The number of ether oxygens (including phenoxy) is 2. The molecule has 0 heterocycles. The van der Waals surface area contributed by atoms with Crippen LogP contribution in [-0.2, 0) is 16.0 Å². The van der Waals surface area contributed by atoms with Gasteiger partial charge >= 0.3 is 5.97 Å². The topological polar surface area (TPSA) is 64.6 Å². The van der Waals surface area contributed by atoms with Crippen LogP contribution in [0.25, 0.3) is 0 Å². The number of methoxy groups -OCH3 is 2. The van der Waals surface area contributed by atoms with Crippen LogP contribution in [0.4, 0.5) is 8.78 Å². The van der Waals surface area contributed by atoms with Crippen molar-refractivity contribution < 1.29 is 27.8 Å². The summed E-state index contributed by atoms with van der Waals surface area (Å²) in [6.07, 6.45) is 0.0885. The highest BCUT2D eigenvalue weighted by atomic mass is 19.1. The maximum atomic E-state index is 13.7. The minimum absolute atomic E-state index is 0.0885. The molecule has 25 heavy (non-hydrogen) atoms. The highest BCUT2D eigenvalue weighted by Gasteiger charge is 2.25. The summed E-state index contributed by atoms with van der Waals surface area (Å²) >= 11 is 0. The Morgan fingerprint density at radius 3 is 2.48 bits per heavy atom. The van der Waals surface area contributed by atoms with E-state index in [1.54, 1.807) is 24.3 Å². The third-order valence-corrected chi connectivity index (χ3v) is 3.58. The summed E-state index contributed by atoms with van der Waals surface area (Å²) < 4.78 is 36.6. The third kappa shape index (κ3) is 4.53. The highest BCUT2D eigenvalue weighted by Crippen LogP contribution is 2.19. The van der Waals surface area contributed by atoms with Crippen LogP contribution in [0, 0.1) is 11.6 Å². The number of carbonyl (C=O) groups is 2. The van der Waals surface area contributed by atoms with Crippen molar-refractivity contribution in [3.8, 4) is 5.75 Å². The molecule has 0 aliphatic carbocycles. The van der Waals surface area contributed by atoms with Gasteiger partial charge in [0.15, 0.2) is 0 Å². The normalized spacial score (nSPS) is 11.5. The Balaban J connectivity index is 2.23. The molecule has 1 N–H and O–H groups in total. The fraction of sp³-hybridized carbons (Fsp3) is 0.222. The molecule has 0 unspecified atom stereocenters. The van der Waals surface area contributed by atoms with Crippen molar-refractivity contribution >= 4 is 11.9 Å². The molecule has 2 rings (SSSR count). The molecule has 0 spiro atoms. The smallest absolute Gasteiger partial charge is 0.328 e. The van der Waals surface area contributed by atoms with E-state index in [1.807, 2.05) is 0 Å². The highest BCUT2D eigenvalue weighted by molar-refractivity contribution is 5.97. The van der Waals surface area contributed by atoms with Crippen molar-refractivity contribution in [1.29, 1.82) is 0 Å². The maximum absolute atomic E-state index is 13.7. The van der Waals surface area contributed by atoms with Crippen molar-refractivity contribution in [3.63, 3.8) is 0 Å². The van der Waals surface area contributed by atoms with Crippen LogP contribution in [0.1, 0.15) is 15.9 Å². The molecule has 0 fully saturated rings. The molecular weight excluding hydrogens is 332 g/mol. The molecular formula is C18H17F2NO4. The number of amides is 1. The molecule has 0 aliphatic rings. The average molecular weight is 349 g/mol. The number of hydrogen-bond donors (Lipinski definition) is 1. The summed E-state index contributed by atoms with van der Waals surface area (Å²) in [5.41, 5.74) is 0.301. The zero-order valence-corrected chi connectivity index (χ0v) is 13.7. The van der Waals surface area contributed by atoms with Crippen LogP contribution in [0.3, 0.4) is 0 Å². The summed E-state index contributed by atoms with van der Waals surface area (Å²) in [5.74, 6) is -2.81. The van der Waals surface area contributed by atoms with Gasteiger partial charge in [-0.25, -0.2) is 13.6 Å². The van der Waals surface area contributed by atoms with Crippen LogP contribution >= 0.6 is 0 Å². The minimum Gasteiger partial charge on any atom is -0.496 e. The van der Waals surface area contributed by atoms with Crippen molar-refractivity contribution in [2.45, 2.75) is 12.5 Å². The number of para-hydroxylation sites is 1. The van der Waals surface area contributed by atoms with Crippen molar-refractivity contribution in [2.75, 3.05) is 14.2 Å². The first-order valence-electron chi connectivity index (χ1n) is 7.42. The van der Waals surface area contributed by atoms with Gasteiger partial charge in [-0.3, -0.25) is 4.79 Å². The largest absolute Gasteiger partial charge is 0.496 e. The Morgan fingerprint density at radius 2 is 1.84 bits per heavy atom. The standard InChI is InChI=1S/C18H17F2NO4/c1-24-16-6-4-3-5-11(16)9-15(18(23)25-2)21-17(22)13-8-7-12(19)10-14(13)20/h3-8,10,15H,9H2,1-2H3,(H,21,22)/t15-/m1/s1. The molecule has 1 atom stereocenters. The van der Waals surface area contributed by atoms with Gasteiger partial charge in [0.2, 0.25) is 0 Å². The predicted octanol–water partition coefficient (Wildman–Crippen LogP) is 2.49. The molecule has 0 aromatic heterocycles. The summed E-state index contributed by atoms with van der Waals surface area (Å²) in [6, 6.07) is 8.49. The number of hydrogen-bond acceptors (Lipinski definition) is 4. The first-order chi connectivity index (χ1) is 12.0. The quantitative estimate of drug-likeness (QED) is 0.814. The van der Waals surface area contributed by atoms with Gasteiger partial charge in [0.1, 0.15) is 23.4 Å². The van der Waals surface area contributed by atoms with E-state index >= 15 is 0 Å². The second-order valence-corrected chi connectivity index (χ2v) is 5.19. The number of benzene rings is 2. The Kier molecular flexibility index (Phi) is 6.05. The lowest BCUT2D eigenvalue weighted by Crippen LogP contribution is -2.43. The molecule has 0 aliphatic heterocycles. The fourth-order valence-corrected chi connectivity index (χ4v) is 2.34. The van der Waals surface area contributed by atoms with E-state index in [9.17, 15) is 18.4 Å². The summed E-state index contributed by atoms with van der Waals surface area (Å²) in [6.45, 7) is 0. The van der Waals surface area contributed by atoms with E-state index in [1.165, 1.54) is 14.2 Å². The lowest BCUT2D eigenvalue weighted by atomic mass is 10.0. The number of nitrogens with one attached hydrogen (secondary N) is 1. The van der Waals surface area contributed by atoms with E-state index in [2.05, 4.69) is 5.32 Å². The van der Waals surface area contributed by atoms with Crippen molar-refractivity contribution in [3.05, 3.63) is 65.2 Å². The zero-order valence-electron chi connectivity index (χ0n) is 13.7. The second-order valence-electron chi connectivity index (χ2n) is 5.19. The second kappa shape index (κ2) is 8.23. The van der Waals surface area contributed by atoms with Crippen LogP contribution in [0.5, 0.6) is 5.75 Å². The van der Waals surface area contributed by atoms with E-state index in [0.29, 0.717) is 17.4 Å². The van der Waals surface area contributed by atoms with Gasteiger partial charge in [0, 0.05) is 12.5 Å². The molecule has 2 aromatic rings. The Morgan fingerprint density at radius 1 is 1.12 bits per heavy atom. The van der Waals surface area contributed by atoms with Gasteiger partial charge in [0.25, 0.3) is 5.91 Å². The minimum atomic E-state index is -1.06. The molecule has 2 aromatic carbocycles. The van der Waals surface area contributed by atoms with Crippen LogP contribution in [0.15, 0.2) is 42.5 Å². The number of carbonyl (C=O) groups excluding carboxylic acids is 2. The number of rotatable bonds is 6. The van der Waals surface area contributed by atoms with Crippen LogP contribution in [-0.4, -0.2) is 32.1 Å². The van der Waals surface area contributed by atoms with Gasteiger partial charge in [-0.15, -0.1) is 0 Å². The molecule has 132 valence electrons. The maximum Gasteiger partial charge on any atom is 0.328 e. The molecule has 5 nitrogen and oxygen atoms in total. The first-order valence-corrected chi connectivity index (χ1v) is 7.42. The fourth-order valence-electron chi connectivity index (χ4n) is 2.34. The van der Waals surface area contributed by atoms with Gasteiger partial charge < -0.3 is 14.8 Å². The van der Waals surface area contributed by atoms with Crippen molar-refractivity contribution in [2.24, 2.45) is 0 Å². The molecule has 0 bridgehead atoms. The van der Waals surface area contributed by atoms with Gasteiger partial charge in [-0.2, -0.15) is 0 Å². The third-order valence-electron chi connectivity index (χ3n) is 3.58. The monoisotopic (exact) mass is 349 g/mol. The molecule has 0 saturated heterocycles. The molecule has 0 radical (unpaired) electrons. The van der Waals surface area contributed by atoms with E-state index in [4.69, 9.17) is 9.47 Å². The van der Waals surface area contributed by atoms with Crippen LogP contribution < -0.4 is 10.1 Å². The molecule has 1 amide bonds. The lowest BCUT2D eigenvalue weighted by molar-refractivity contribution is -0.142. The Hall–Kier alpha value is -2.96. The van der Waals surface area contributed by atoms with Crippen molar-refractivity contribution in [1.82, 2.24) is 5.32 Å². The van der Waals surface area contributed by atoms with Gasteiger partial charge in [0.05, 0.1) is 19.8 Å². The summed E-state index contributed by atoms with van der Waals surface area (Å²) in [4.78, 5) is 24.2. The first kappa shape index (κ1) is 18.4. The van der Waals surface area contributed by atoms with E-state index in [-0.39, 0.29) is 12.0 Å². The molecule has 0 saturated carbocycles. The van der Waals surface area contributed by atoms with E-state index < -0.39 is 29.6 Å². The van der Waals surface area contributed by atoms with E-state index in [0.717, 1.165) is 12.1 Å². The Bertz CT molecular complexity index is 779. The molecule has 7 heteroatoms. The summed E-state index contributed by atoms with van der Waals surface area (Å²) in [5, 5.41) is 2.41. The van der Waals surface area contributed by atoms with Gasteiger partial charge in [-0.1, -0.05) is 18.2 Å². The zero-order chi connectivity index (χ0) is 18.4.